The van der Waals surface area contributed by atoms with Crippen molar-refractivity contribution in [1.82, 2.24) is 15.1 Å². The summed E-state index contributed by atoms with van der Waals surface area (Å²) in [7, 11) is 2.19. The molecule has 0 aliphatic carbocycles. The predicted octanol–water partition coefficient (Wildman–Crippen LogP) is 0.641. The number of thioether (sulfide) groups is 1. The number of Topliss-reactive ketones (excluding diaryl/α,β-unsaturated/α-hetero) is 6. The van der Waals surface area contributed by atoms with E-state index in [1.54, 1.807) is 24.3 Å². The number of carbonyl (C=O) groups is 12. The lowest BCUT2D eigenvalue weighted by molar-refractivity contribution is -0.155. The van der Waals surface area contributed by atoms with Crippen molar-refractivity contribution in [3.8, 4) is 0 Å². The second kappa shape index (κ2) is 18.6. The summed E-state index contributed by atoms with van der Waals surface area (Å²) in [5.74, 6) is -9.09. The summed E-state index contributed by atoms with van der Waals surface area (Å²) in [5, 5.41) is 3.83. The van der Waals surface area contributed by atoms with E-state index in [0.29, 0.717) is 25.1 Å². The molecule has 56 heavy (non-hydrogen) atoms. The fourth-order valence-corrected chi connectivity index (χ4v) is 9.56. The van der Waals surface area contributed by atoms with Crippen LogP contribution in [-0.2, 0) is 68.7 Å². The summed E-state index contributed by atoms with van der Waals surface area (Å²) in [6.45, 7) is 2.69. The zero-order valence-corrected chi connectivity index (χ0v) is 33.4. The Kier molecular flexibility index (Phi) is 14.7. The first kappa shape index (κ1) is 44.2. The number of β-lactam (4-membered cyclic amide) rings is 1. The van der Waals surface area contributed by atoms with Crippen molar-refractivity contribution >= 4 is 109 Å². The highest BCUT2D eigenvalue weighted by atomic mass is 33.2. The molecular formula is C36H40N4O13S3. The molecule has 1 aromatic rings. The first-order valence-electron chi connectivity index (χ1n) is 17.4. The number of ether oxygens (including phenoxy) is 1. The SMILES string of the molecule is CC(=O)C1(C(=O)CCN2C(=O)CC(SC[C@H](NC(=O)COCC(=O)Nc3ccc(CCC(=O)N4CCC4=O)cc3)C(=O)C(C(C)=O)(C(C)=O)C(C)=O)C2=O)SS1. The highest BCUT2D eigenvalue weighted by Crippen LogP contribution is 2.66. The lowest BCUT2D eigenvalue weighted by Gasteiger charge is -2.29. The zero-order chi connectivity index (χ0) is 41.5. The topological polar surface area (TPSA) is 245 Å². The third kappa shape index (κ3) is 9.88. The zero-order valence-electron chi connectivity index (χ0n) is 31.0. The summed E-state index contributed by atoms with van der Waals surface area (Å²) in [4.78, 5) is 154. The maximum Gasteiger partial charge on any atom is 0.250 e. The summed E-state index contributed by atoms with van der Waals surface area (Å²) in [6.07, 6.45) is 0.333. The van der Waals surface area contributed by atoms with E-state index < -0.39 is 92.3 Å². The molecule has 20 heteroatoms. The van der Waals surface area contributed by atoms with Crippen molar-refractivity contribution in [2.75, 3.05) is 37.4 Å². The first-order chi connectivity index (χ1) is 26.3. The number of ketones is 6. The molecule has 1 unspecified atom stereocenters. The quantitative estimate of drug-likeness (QED) is 0.0535. The van der Waals surface area contributed by atoms with Gasteiger partial charge in [-0.05, 0) is 51.8 Å². The Morgan fingerprint density at radius 2 is 1.48 bits per heavy atom. The number of nitrogens with one attached hydrogen (secondary N) is 2. The third-order valence-corrected chi connectivity index (χ3v) is 13.7. The summed E-state index contributed by atoms with van der Waals surface area (Å²) >= 11 is 0.761. The van der Waals surface area contributed by atoms with Crippen molar-refractivity contribution in [2.45, 2.75) is 75.2 Å². The number of benzene rings is 1. The molecule has 1 aromatic carbocycles. The van der Waals surface area contributed by atoms with Crippen molar-refractivity contribution in [3.63, 3.8) is 0 Å². The van der Waals surface area contributed by atoms with Gasteiger partial charge in [0.2, 0.25) is 40.9 Å². The van der Waals surface area contributed by atoms with Crippen LogP contribution in [0.25, 0.3) is 0 Å². The summed E-state index contributed by atoms with van der Waals surface area (Å²) < 4.78 is 3.99. The summed E-state index contributed by atoms with van der Waals surface area (Å²) in [6, 6.07) is 4.87. The van der Waals surface area contributed by atoms with Crippen LogP contribution >= 0.6 is 33.3 Å². The van der Waals surface area contributed by atoms with Gasteiger partial charge < -0.3 is 15.4 Å². The van der Waals surface area contributed by atoms with Gasteiger partial charge in [-0.1, -0.05) is 33.7 Å². The number of aryl methyl sites for hydroxylation is 1. The number of rotatable bonds is 22. The van der Waals surface area contributed by atoms with Crippen LogP contribution in [0.1, 0.15) is 58.9 Å². The van der Waals surface area contributed by atoms with E-state index in [-0.39, 0.29) is 43.4 Å². The molecule has 3 fully saturated rings. The van der Waals surface area contributed by atoms with Gasteiger partial charge in [0, 0.05) is 50.2 Å². The Balaban J connectivity index is 1.33. The third-order valence-electron chi connectivity index (χ3n) is 9.40. The molecule has 0 saturated carbocycles. The number of hydrogen-bond donors (Lipinski definition) is 2. The predicted molar refractivity (Wildman–Crippen MR) is 203 cm³/mol. The smallest absolute Gasteiger partial charge is 0.250 e. The number of anilines is 1. The van der Waals surface area contributed by atoms with Gasteiger partial charge in [0.1, 0.15) is 13.2 Å². The Labute approximate surface area is 333 Å². The Morgan fingerprint density at radius 3 is 2.00 bits per heavy atom. The van der Waals surface area contributed by atoms with Gasteiger partial charge in [-0.15, -0.1) is 11.8 Å². The molecule has 0 spiro atoms. The van der Waals surface area contributed by atoms with Crippen LogP contribution in [0.5, 0.6) is 0 Å². The van der Waals surface area contributed by atoms with Crippen molar-refractivity contribution in [2.24, 2.45) is 5.41 Å². The molecule has 2 N–H and O–H groups in total. The number of carbonyl (C=O) groups excluding carboxylic acids is 12. The lowest BCUT2D eigenvalue weighted by atomic mass is 9.71. The van der Waals surface area contributed by atoms with E-state index in [1.807, 2.05) is 0 Å². The Hall–Kier alpha value is -4.53. The molecule has 3 aliphatic rings. The Bertz CT molecular complexity index is 1840. The number of hydrogen-bond acceptors (Lipinski definition) is 16. The van der Waals surface area contributed by atoms with Gasteiger partial charge in [0.05, 0.1) is 11.3 Å². The minimum Gasteiger partial charge on any atom is -0.362 e. The molecule has 300 valence electrons. The second-order valence-electron chi connectivity index (χ2n) is 13.3. The molecule has 0 radical (unpaired) electrons. The molecule has 3 saturated heterocycles. The van der Waals surface area contributed by atoms with Crippen LogP contribution in [-0.4, -0.2) is 127 Å². The number of imide groups is 2. The maximum absolute atomic E-state index is 13.9. The molecular weight excluding hydrogens is 793 g/mol. The van der Waals surface area contributed by atoms with Gasteiger partial charge >= 0.3 is 0 Å². The van der Waals surface area contributed by atoms with E-state index >= 15 is 0 Å². The van der Waals surface area contributed by atoms with Crippen LogP contribution in [0.2, 0.25) is 0 Å². The molecule has 3 heterocycles. The minimum absolute atomic E-state index is 0.154. The molecule has 0 bridgehead atoms. The minimum atomic E-state index is -2.76. The molecule has 6 amide bonds. The highest BCUT2D eigenvalue weighted by molar-refractivity contribution is 8.94. The fourth-order valence-electron chi connectivity index (χ4n) is 6.15. The molecule has 17 nitrogen and oxygen atoms in total. The van der Waals surface area contributed by atoms with Crippen LogP contribution < -0.4 is 10.6 Å². The van der Waals surface area contributed by atoms with E-state index in [9.17, 15) is 57.5 Å². The van der Waals surface area contributed by atoms with E-state index in [2.05, 4.69) is 10.6 Å². The van der Waals surface area contributed by atoms with Crippen LogP contribution in [0, 0.1) is 5.41 Å². The van der Waals surface area contributed by atoms with Gasteiger partial charge in [0.25, 0.3) is 0 Å². The standard InChI is InChI=1S/C36H40N4O13S3/c1-19(41)35(20(2)42,21(3)43)33(51)25(18-54-26-15-32(50)40(34(26)52)13-11-27(45)36(22(4)44)55-56-36)38-29(47)17-53-16-28(46)37-24-8-5-23(6-9-24)7-10-30(48)39-14-12-31(39)49/h5-6,8-9,25-26H,7,10-18H2,1-4H3,(H,37,46)(H,38,47)/t25-,26?/m0/s1. The van der Waals surface area contributed by atoms with Gasteiger partial charge in [-0.25, -0.2) is 0 Å². The van der Waals surface area contributed by atoms with Crippen molar-refractivity contribution < 1.29 is 62.3 Å². The first-order valence-corrected chi connectivity index (χ1v) is 20.6. The number of amides is 6. The monoisotopic (exact) mass is 832 g/mol. The molecule has 3 aliphatic heterocycles. The van der Waals surface area contributed by atoms with Gasteiger partial charge in [0.15, 0.2) is 38.8 Å². The largest absolute Gasteiger partial charge is 0.362 e. The Morgan fingerprint density at radius 1 is 0.875 bits per heavy atom. The lowest BCUT2D eigenvalue weighted by Crippen LogP contribution is -2.58. The average molecular weight is 833 g/mol. The second-order valence-corrected chi connectivity index (χ2v) is 17.3. The highest BCUT2D eigenvalue weighted by Gasteiger charge is 2.57. The van der Waals surface area contributed by atoms with E-state index in [4.69, 9.17) is 4.74 Å². The molecule has 4 rings (SSSR count). The van der Waals surface area contributed by atoms with Gasteiger partial charge in [-0.3, -0.25) is 67.3 Å². The normalized spacial score (nSPS) is 17.8. The van der Waals surface area contributed by atoms with Crippen molar-refractivity contribution in [3.05, 3.63) is 29.8 Å². The maximum atomic E-state index is 13.9. The van der Waals surface area contributed by atoms with Crippen LogP contribution in [0.3, 0.4) is 0 Å². The average Bonchev–Trinajstić information content (AvgIpc) is 3.89. The fraction of sp³-hybridized carbons (Fsp3) is 0.500. The number of nitrogens with zero attached hydrogens (tertiary/aromatic N) is 2. The van der Waals surface area contributed by atoms with Crippen LogP contribution in [0.15, 0.2) is 24.3 Å². The van der Waals surface area contributed by atoms with Gasteiger partial charge in [-0.2, -0.15) is 0 Å². The summed E-state index contributed by atoms with van der Waals surface area (Å²) in [5.41, 5.74) is -1.57. The number of likely N-dealkylation sites (tertiary alicyclic amines) is 2. The van der Waals surface area contributed by atoms with E-state index in [1.165, 1.54) is 11.8 Å². The molecule has 0 aromatic heterocycles. The van der Waals surface area contributed by atoms with Crippen molar-refractivity contribution in [1.29, 1.82) is 0 Å². The van der Waals surface area contributed by atoms with E-state index in [0.717, 1.165) is 64.6 Å². The molecule has 2 atom stereocenters. The van der Waals surface area contributed by atoms with Crippen LogP contribution in [0.4, 0.5) is 5.69 Å².